The molecule has 1 heterocycles. The molecule has 0 unspecified atom stereocenters. The first-order valence-electron chi connectivity index (χ1n) is 7.31. The molecule has 6 nitrogen and oxygen atoms in total. The largest absolute Gasteiger partial charge is 0.354 e. The van der Waals surface area contributed by atoms with E-state index in [0.29, 0.717) is 6.54 Å². The molecule has 0 spiro atoms. The molecule has 0 saturated carbocycles. The van der Waals surface area contributed by atoms with Gasteiger partial charge in [0.2, 0.25) is 17.7 Å². The molecule has 0 radical (unpaired) electrons. The van der Waals surface area contributed by atoms with Gasteiger partial charge in [0.15, 0.2) is 0 Å². The second-order valence-electron chi connectivity index (χ2n) is 5.05. The van der Waals surface area contributed by atoms with Crippen LogP contribution in [0.15, 0.2) is 17.5 Å². The van der Waals surface area contributed by atoms with Gasteiger partial charge in [0.1, 0.15) is 6.04 Å². The third-order valence-electron chi connectivity index (χ3n) is 2.97. The van der Waals surface area contributed by atoms with Crippen molar-refractivity contribution in [2.24, 2.45) is 0 Å². The molecule has 0 aromatic carbocycles. The van der Waals surface area contributed by atoms with Gasteiger partial charge in [-0.1, -0.05) is 13.0 Å². The van der Waals surface area contributed by atoms with Crippen LogP contribution in [0.1, 0.15) is 44.5 Å². The van der Waals surface area contributed by atoms with Crippen LogP contribution in [0.3, 0.4) is 0 Å². The Hall–Kier alpha value is -1.89. The topological polar surface area (TPSA) is 87.3 Å². The summed E-state index contributed by atoms with van der Waals surface area (Å²) in [5.41, 5.74) is 0. The number of thiophene rings is 1. The second kappa shape index (κ2) is 9.19. The molecule has 0 aliphatic heterocycles. The highest BCUT2D eigenvalue weighted by Crippen LogP contribution is 2.21. The zero-order valence-electron chi connectivity index (χ0n) is 13.1. The van der Waals surface area contributed by atoms with Gasteiger partial charge in [0, 0.05) is 18.3 Å². The highest BCUT2D eigenvalue weighted by Gasteiger charge is 2.21. The normalized spacial score (nSPS) is 13.0. The van der Waals surface area contributed by atoms with Gasteiger partial charge in [-0.25, -0.2) is 0 Å². The van der Waals surface area contributed by atoms with Crippen molar-refractivity contribution < 1.29 is 14.4 Å². The lowest BCUT2D eigenvalue weighted by molar-refractivity contribution is -0.129. The number of amides is 3. The van der Waals surface area contributed by atoms with Crippen molar-refractivity contribution >= 4 is 29.1 Å². The van der Waals surface area contributed by atoms with E-state index in [1.165, 1.54) is 18.3 Å². The summed E-state index contributed by atoms with van der Waals surface area (Å²) in [5, 5.41) is 10.0. The first kappa shape index (κ1) is 18.2. The van der Waals surface area contributed by atoms with Crippen molar-refractivity contribution in [2.75, 3.05) is 6.54 Å². The highest BCUT2D eigenvalue weighted by molar-refractivity contribution is 7.10. The molecule has 3 amide bonds. The molecule has 0 aliphatic rings. The summed E-state index contributed by atoms with van der Waals surface area (Å²) < 4.78 is 0. The van der Waals surface area contributed by atoms with Gasteiger partial charge < -0.3 is 16.0 Å². The van der Waals surface area contributed by atoms with Crippen LogP contribution < -0.4 is 16.0 Å². The molecule has 0 fully saturated rings. The van der Waals surface area contributed by atoms with Gasteiger partial charge in [-0.05, 0) is 24.8 Å². The number of hydrogen-bond donors (Lipinski definition) is 3. The first-order chi connectivity index (χ1) is 10.4. The number of nitrogens with one attached hydrogen (secondary N) is 3. The molecule has 0 aliphatic carbocycles. The van der Waals surface area contributed by atoms with Crippen LogP contribution in [-0.2, 0) is 14.4 Å². The van der Waals surface area contributed by atoms with Gasteiger partial charge in [-0.2, -0.15) is 0 Å². The van der Waals surface area contributed by atoms with E-state index in [1.54, 1.807) is 6.92 Å². The van der Waals surface area contributed by atoms with E-state index >= 15 is 0 Å². The SMILES string of the molecule is CCCNC(=O)[C@@H](C)NC(=O)C[C@@H](NC(C)=O)c1cccs1. The van der Waals surface area contributed by atoms with Crippen molar-refractivity contribution in [1.82, 2.24) is 16.0 Å². The van der Waals surface area contributed by atoms with E-state index in [4.69, 9.17) is 0 Å². The lowest BCUT2D eigenvalue weighted by Gasteiger charge is -2.18. The molecule has 1 rings (SSSR count). The second-order valence-corrected chi connectivity index (χ2v) is 6.03. The summed E-state index contributed by atoms with van der Waals surface area (Å²) in [7, 11) is 0. The maximum absolute atomic E-state index is 12.1. The van der Waals surface area contributed by atoms with Gasteiger partial charge in [0.25, 0.3) is 0 Å². The maximum atomic E-state index is 12.1. The zero-order valence-corrected chi connectivity index (χ0v) is 14.0. The zero-order chi connectivity index (χ0) is 16.5. The Kier molecular flexibility index (Phi) is 7.59. The molecule has 1 aromatic heterocycles. The summed E-state index contributed by atoms with van der Waals surface area (Å²) >= 11 is 1.48. The number of hydrogen-bond acceptors (Lipinski definition) is 4. The minimum Gasteiger partial charge on any atom is -0.354 e. The first-order valence-corrected chi connectivity index (χ1v) is 8.19. The van der Waals surface area contributed by atoms with Crippen molar-refractivity contribution in [1.29, 1.82) is 0 Å². The molecule has 0 saturated heterocycles. The minimum atomic E-state index is -0.597. The fraction of sp³-hybridized carbons (Fsp3) is 0.533. The van der Waals surface area contributed by atoms with Gasteiger partial charge in [0.05, 0.1) is 12.5 Å². The summed E-state index contributed by atoms with van der Waals surface area (Å²) in [4.78, 5) is 36.0. The summed E-state index contributed by atoms with van der Waals surface area (Å²) in [6, 6.07) is 2.77. The maximum Gasteiger partial charge on any atom is 0.242 e. The van der Waals surface area contributed by atoms with E-state index in [9.17, 15) is 14.4 Å². The fourth-order valence-corrected chi connectivity index (χ4v) is 2.69. The molecule has 0 bridgehead atoms. The van der Waals surface area contributed by atoms with E-state index in [-0.39, 0.29) is 30.2 Å². The molecular weight excluding hydrogens is 302 g/mol. The predicted molar refractivity (Wildman–Crippen MR) is 86.4 cm³/mol. The van der Waals surface area contributed by atoms with Crippen molar-refractivity contribution in [3.05, 3.63) is 22.4 Å². The Bertz CT molecular complexity index is 502. The minimum absolute atomic E-state index is 0.103. The molecule has 3 N–H and O–H groups in total. The van der Waals surface area contributed by atoms with Crippen molar-refractivity contribution in [3.63, 3.8) is 0 Å². The van der Waals surface area contributed by atoms with Crippen LogP contribution in [0.2, 0.25) is 0 Å². The fourth-order valence-electron chi connectivity index (χ4n) is 1.91. The third kappa shape index (κ3) is 6.26. The van der Waals surface area contributed by atoms with E-state index in [1.807, 2.05) is 24.4 Å². The molecule has 1 aromatic rings. The van der Waals surface area contributed by atoms with Gasteiger partial charge >= 0.3 is 0 Å². The number of rotatable bonds is 8. The van der Waals surface area contributed by atoms with E-state index < -0.39 is 6.04 Å². The molecule has 122 valence electrons. The van der Waals surface area contributed by atoms with Gasteiger partial charge in [-0.15, -0.1) is 11.3 Å². The third-order valence-corrected chi connectivity index (χ3v) is 3.96. The van der Waals surface area contributed by atoms with Crippen LogP contribution in [0.4, 0.5) is 0 Å². The van der Waals surface area contributed by atoms with E-state index in [0.717, 1.165) is 11.3 Å². The van der Waals surface area contributed by atoms with Crippen LogP contribution in [0.25, 0.3) is 0 Å². The molecule has 7 heteroatoms. The van der Waals surface area contributed by atoms with E-state index in [2.05, 4.69) is 16.0 Å². The number of carbonyl (C=O) groups is 3. The lowest BCUT2D eigenvalue weighted by atomic mass is 10.1. The monoisotopic (exact) mass is 325 g/mol. The molecule has 2 atom stereocenters. The average molecular weight is 325 g/mol. The smallest absolute Gasteiger partial charge is 0.242 e. The van der Waals surface area contributed by atoms with Crippen molar-refractivity contribution in [2.45, 2.75) is 45.7 Å². The summed E-state index contributed by atoms with van der Waals surface area (Å²) in [5.74, 6) is -0.673. The molecule has 22 heavy (non-hydrogen) atoms. The quantitative estimate of drug-likeness (QED) is 0.674. The summed E-state index contributed by atoms with van der Waals surface area (Å²) in [6.45, 7) is 5.60. The summed E-state index contributed by atoms with van der Waals surface area (Å²) in [6.07, 6.45) is 0.945. The Morgan fingerprint density at radius 3 is 2.55 bits per heavy atom. The number of carbonyl (C=O) groups excluding carboxylic acids is 3. The van der Waals surface area contributed by atoms with Crippen LogP contribution in [0.5, 0.6) is 0 Å². The highest BCUT2D eigenvalue weighted by atomic mass is 32.1. The Morgan fingerprint density at radius 2 is 2.00 bits per heavy atom. The van der Waals surface area contributed by atoms with Crippen LogP contribution >= 0.6 is 11.3 Å². The predicted octanol–water partition coefficient (Wildman–Crippen LogP) is 1.35. The van der Waals surface area contributed by atoms with Gasteiger partial charge in [-0.3, -0.25) is 14.4 Å². The molecular formula is C15H23N3O3S. The van der Waals surface area contributed by atoms with Crippen LogP contribution in [0, 0.1) is 0 Å². The van der Waals surface area contributed by atoms with Crippen molar-refractivity contribution in [3.8, 4) is 0 Å². The standard InChI is InChI=1S/C15H23N3O3S/c1-4-7-16-15(21)10(2)17-14(20)9-12(18-11(3)19)13-6-5-8-22-13/h5-6,8,10,12H,4,7,9H2,1-3H3,(H,16,21)(H,17,20)(H,18,19)/t10-,12-/m1/s1. The Balaban J connectivity index is 2.56. The average Bonchev–Trinajstić information content (AvgIpc) is 2.97. The lowest BCUT2D eigenvalue weighted by Crippen LogP contribution is -2.45. The Morgan fingerprint density at radius 1 is 1.27 bits per heavy atom. The Labute approximate surface area is 134 Å². The van der Waals surface area contributed by atoms with Crippen LogP contribution in [-0.4, -0.2) is 30.3 Å².